The molecular weight excluding hydrogens is 398 g/mol. The summed E-state index contributed by atoms with van der Waals surface area (Å²) in [7, 11) is 1.59. The monoisotopic (exact) mass is 425 g/mol. The molecule has 32 heavy (non-hydrogen) atoms. The molecule has 0 spiro atoms. The van der Waals surface area contributed by atoms with E-state index in [9.17, 15) is 0 Å². The second kappa shape index (κ2) is 10.1. The summed E-state index contributed by atoms with van der Waals surface area (Å²) < 4.78 is 7.45. The summed E-state index contributed by atoms with van der Waals surface area (Å²) >= 11 is 0. The minimum absolute atomic E-state index is 0.463. The molecule has 0 bridgehead atoms. The molecule has 0 amide bonds. The van der Waals surface area contributed by atoms with Gasteiger partial charge in [0.15, 0.2) is 0 Å². The first-order chi connectivity index (χ1) is 15.7. The highest BCUT2D eigenvalue weighted by molar-refractivity contribution is 5.81. The first kappa shape index (κ1) is 21.5. The van der Waals surface area contributed by atoms with E-state index in [0.717, 1.165) is 22.5 Å². The predicted molar refractivity (Wildman–Crippen MR) is 127 cm³/mol. The molecule has 3 heterocycles. The van der Waals surface area contributed by atoms with Crippen molar-refractivity contribution in [2.45, 2.75) is 26.2 Å². The Morgan fingerprint density at radius 3 is 2.22 bits per heavy atom. The Morgan fingerprint density at radius 1 is 0.969 bits per heavy atom. The van der Waals surface area contributed by atoms with E-state index < -0.39 is 0 Å². The maximum atomic E-state index is 9.06. The van der Waals surface area contributed by atoms with Gasteiger partial charge in [-0.3, -0.25) is 4.40 Å². The van der Waals surface area contributed by atoms with Crippen LogP contribution < -0.4 is 10.1 Å². The minimum atomic E-state index is 0.463. The molecule has 0 unspecified atom stereocenters. The Morgan fingerprint density at radius 2 is 1.66 bits per heavy atom. The van der Waals surface area contributed by atoms with Crippen molar-refractivity contribution >= 4 is 5.65 Å². The molecule has 0 aliphatic carbocycles. The molecule has 1 aliphatic rings. The Labute approximate surface area is 188 Å². The molecule has 6 heteroatoms. The Hall–Kier alpha value is -3.69. The van der Waals surface area contributed by atoms with Crippen molar-refractivity contribution < 1.29 is 4.74 Å². The molecular formula is C26H27N5O. The molecule has 4 aromatic rings. The molecule has 1 N–H and O–H groups in total. The number of aromatic nitrogens is 3. The van der Waals surface area contributed by atoms with Crippen LogP contribution in [0.25, 0.3) is 28.2 Å². The van der Waals surface area contributed by atoms with Crippen molar-refractivity contribution in [3.05, 3.63) is 72.1 Å². The first-order valence-corrected chi connectivity index (χ1v) is 10.9. The van der Waals surface area contributed by atoms with Gasteiger partial charge in [-0.1, -0.05) is 48.4 Å². The van der Waals surface area contributed by atoms with Gasteiger partial charge in [-0.2, -0.15) is 5.26 Å². The zero-order valence-corrected chi connectivity index (χ0v) is 18.5. The topological polar surface area (TPSA) is 75.2 Å². The number of nitrogens with one attached hydrogen (secondary N) is 1. The number of ether oxygens (including phenoxy) is 1. The Balaban J connectivity index is 0.000000354. The molecule has 0 saturated carbocycles. The predicted octanol–water partition coefficient (Wildman–Crippen LogP) is 5.01. The quantitative estimate of drug-likeness (QED) is 0.499. The zero-order chi connectivity index (χ0) is 22.3. The van der Waals surface area contributed by atoms with Gasteiger partial charge in [0, 0.05) is 23.5 Å². The summed E-state index contributed by atoms with van der Waals surface area (Å²) in [6, 6.07) is 17.8. The lowest BCUT2D eigenvalue weighted by atomic mass is 10.0. The highest BCUT2D eigenvalue weighted by atomic mass is 16.5. The Bertz CT molecular complexity index is 1200. The van der Waals surface area contributed by atoms with Crippen LogP contribution in [0.3, 0.4) is 0 Å². The van der Waals surface area contributed by atoms with Gasteiger partial charge in [-0.05, 0) is 45.0 Å². The molecule has 6 nitrogen and oxygen atoms in total. The number of nitriles is 1. The summed E-state index contributed by atoms with van der Waals surface area (Å²) in [5.74, 6) is 0.463. The lowest BCUT2D eigenvalue weighted by molar-refractivity contribution is 0.401. The van der Waals surface area contributed by atoms with Gasteiger partial charge in [-0.25, -0.2) is 9.97 Å². The molecule has 1 aliphatic heterocycles. The lowest BCUT2D eigenvalue weighted by Gasteiger charge is -2.14. The summed E-state index contributed by atoms with van der Waals surface area (Å²) in [5, 5.41) is 12.3. The van der Waals surface area contributed by atoms with Crippen LogP contribution in [0.1, 0.15) is 30.4 Å². The number of methoxy groups -OCH3 is 1. The number of aryl methyl sites for hydroxylation is 1. The average Bonchev–Trinajstić information content (AvgIpc) is 3.35. The van der Waals surface area contributed by atoms with Crippen LogP contribution in [0.15, 0.2) is 60.9 Å². The molecule has 1 fully saturated rings. The van der Waals surface area contributed by atoms with Crippen molar-refractivity contribution in [3.63, 3.8) is 0 Å². The average molecular weight is 426 g/mol. The van der Waals surface area contributed by atoms with Crippen molar-refractivity contribution in [2.75, 3.05) is 20.2 Å². The highest BCUT2D eigenvalue weighted by Crippen LogP contribution is 2.34. The second-order valence-electron chi connectivity index (χ2n) is 7.80. The van der Waals surface area contributed by atoms with Crippen LogP contribution in [0, 0.1) is 18.3 Å². The summed E-state index contributed by atoms with van der Waals surface area (Å²) in [6.07, 6.45) is 7.86. The molecule has 2 aromatic carbocycles. The van der Waals surface area contributed by atoms with Crippen LogP contribution in [-0.4, -0.2) is 34.6 Å². The van der Waals surface area contributed by atoms with Gasteiger partial charge in [-0.15, -0.1) is 0 Å². The first-order valence-electron chi connectivity index (χ1n) is 10.9. The third-order valence-electron chi connectivity index (χ3n) is 5.52. The van der Waals surface area contributed by atoms with Gasteiger partial charge < -0.3 is 10.1 Å². The maximum absolute atomic E-state index is 9.06. The highest BCUT2D eigenvalue weighted by Gasteiger charge is 2.18. The van der Waals surface area contributed by atoms with E-state index in [-0.39, 0.29) is 0 Å². The maximum Gasteiger partial charge on any atom is 0.258 e. The number of hydrogen-bond acceptors (Lipinski definition) is 5. The van der Waals surface area contributed by atoms with Crippen LogP contribution in [-0.2, 0) is 0 Å². The standard InChI is InChI=1S/C21H16N4O.C5H11N/c1-14-3-7-17(8-4-14)19-18(16-9-5-15(13-22)6-10-16)24-21(26-2)20-23-11-12-25(19)20;1-2-4-6-5-3-1/h3-12H,1-2H3;6H,1-5H2. The second-order valence-corrected chi connectivity index (χ2v) is 7.80. The normalized spacial score (nSPS) is 13.2. The lowest BCUT2D eigenvalue weighted by Crippen LogP contribution is -2.21. The van der Waals surface area contributed by atoms with E-state index in [0.29, 0.717) is 17.1 Å². The fourth-order valence-corrected chi connectivity index (χ4v) is 3.79. The smallest absolute Gasteiger partial charge is 0.258 e. The van der Waals surface area contributed by atoms with Crippen LogP contribution in [0.2, 0.25) is 0 Å². The summed E-state index contributed by atoms with van der Waals surface area (Å²) in [4.78, 5) is 9.12. The molecule has 162 valence electrons. The molecule has 0 radical (unpaired) electrons. The molecule has 5 rings (SSSR count). The number of benzene rings is 2. The number of imidazole rings is 1. The van der Waals surface area contributed by atoms with Gasteiger partial charge >= 0.3 is 0 Å². The number of piperidine rings is 1. The van der Waals surface area contributed by atoms with Gasteiger partial charge in [0.05, 0.1) is 30.1 Å². The SMILES string of the molecule is C1CCNCC1.COc1nc(-c2ccc(C#N)cc2)c(-c2ccc(C)cc2)n2ccnc12. The van der Waals surface area contributed by atoms with E-state index in [2.05, 4.69) is 47.6 Å². The number of hydrogen-bond donors (Lipinski definition) is 1. The van der Waals surface area contributed by atoms with E-state index in [4.69, 9.17) is 15.0 Å². The molecule has 0 atom stereocenters. The fraction of sp³-hybridized carbons (Fsp3) is 0.269. The van der Waals surface area contributed by atoms with Crippen LogP contribution in [0.5, 0.6) is 5.88 Å². The van der Waals surface area contributed by atoms with Crippen LogP contribution >= 0.6 is 0 Å². The number of nitrogens with zero attached hydrogens (tertiary/aromatic N) is 4. The third kappa shape index (κ3) is 4.63. The van der Waals surface area contributed by atoms with Gasteiger partial charge in [0.2, 0.25) is 5.65 Å². The number of fused-ring (bicyclic) bond motifs is 1. The summed E-state index contributed by atoms with van der Waals surface area (Å²) in [5.41, 5.74) is 6.13. The minimum Gasteiger partial charge on any atom is -0.478 e. The Kier molecular flexibility index (Phi) is 6.78. The van der Waals surface area contributed by atoms with Crippen molar-refractivity contribution in [1.29, 1.82) is 5.26 Å². The molecule has 1 saturated heterocycles. The fourth-order valence-electron chi connectivity index (χ4n) is 3.79. The van der Waals surface area contributed by atoms with Crippen LogP contribution in [0.4, 0.5) is 0 Å². The largest absolute Gasteiger partial charge is 0.478 e. The van der Waals surface area contributed by atoms with Crippen molar-refractivity contribution in [1.82, 2.24) is 19.7 Å². The van der Waals surface area contributed by atoms with Gasteiger partial charge in [0.25, 0.3) is 5.88 Å². The van der Waals surface area contributed by atoms with E-state index in [1.165, 1.54) is 37.9 Å². The zero-order valence-electron chi connectivity index (χ0n) is 18.5. The molecule has 2 aromatic heterocycles. The summed E-state index contributed by atoms with van der Waals surface area (Å²) in [6.45, 7) is 4.56. The van der Waals surface area contributed by atoms with Crippen molar-refractivity contribution in [2.24, 2.45) is 0 Å². The third-order valence-corrected chi connectivity index (χ3v) is 5.52. The van der Waals surface area contributed by atoms with E-state index in [1.807, 2.05) is 22.7 Å². The van der Waals surface area contributed by atoms with Gasteiger partial charge in [0.1, 0.15) is 0 Å². The van der Waals surface area contributed by atoms with E-state index in [1.54, 1.807) is 25.4 Å². The number of rotatable bonds is 3. The van der Waals surface area contributed by atoms with E-state index >= 15 is 0 Å². The van der Waals surface area contributed by atoms with Crippen molar-refractivity contribution in [3.8, 4) is 34.5 Å².